The maximum absolute atomic E-state index is 11.0. The molecule has 0 aromatic heterocycles. The lowest BCUT2D eigenvalue weighted by molar-refractivity contribution is -0.385. The highest BCUT2D eigenvalue weighted by Gasteiger charge is 2.25. The van der Waals surface area contributed by atoms with E-state index in [1.54, 1.807) is 6.07 Å². The first-order valence-electron chi connectivity index (χ1n) is 6.57. The quantitative estimate of drug-likeness (QED) is 0.661. The lowest BCUT2D eigenvalue weighted by Gasteiger charge is -2.39. The average molecular weight is 343 g/mol. The van der Waals surface area contributed by atoms with Crippen LogP contribution in [0.15, 0.2) is 22.7 Å². The van der Waals surface area contributed by atoms with Gasteiger partial charge in [-0.1, -0.05) is 12.1 Å². The second-order valence-electron chi connectivity index (χ2n) is 5.13. The van der Waals surface area contributed by atoms with Crippen LogP contribution in [0.3, 0.4) is 0 Å². The minimum absolute atomic E-state index is 0.112. The first kappa shape index (κ1) is 15.4. The van der Waals surface area contributed by atoms with Gasteiger partial charge in [0.1, 0.15) is 0 Å². The van der Waals surface area contributed by atoms with Gasteiger partial charge < -0.3 is 10.6 Å². The average Bonchev–Trinajstić information content (AvgIpc) is 2.42. The number of nitro benzene ring substituents is 1. The van der Waals surface area contributed by atoms with E-state index in [0.29, 0.717) is 23.6 Å². The number of benzene rings is 1. The molecule has 1 saturated heterocycles. The number of hydrogen-bond acceptors (Lipinski definition) is 5. The van der Waals surface area contributed by atoms with Crippen molar-refractivity contribution < 1.29 is 4.92 Å². The van der Waals surface area contributed by atoms with Gasteiger partial charge in [0, 0.05) is 44.8 Å². The number of nitrogens with two attached hydrogens (primary N) is 1. The van der Waals surface area contributed by atoms with Crippen LogP contribution in [0.2, 0.25) is 0 Å². The molecule has 1 aromatic carbocycles. The third-order valence-corrected chi connectivity index (χ3v) is 4.62. The van der Waals surface area contributed by atoms with Crippen LogP contribution in [-0.4, -0.2) is 54.0 Å². The van der Waals surface area contributed by atoms with E-state index >= 15 is 0 Å². The molecular formula is C13H19BrN4O2. The Hall–Kier alpha value is -1.02. The van der Waals surface area contributed by atoms with Crippen molar-refractivity contribution >= 4 is 21.6 Å². The summed E-state index contributed by atoms with van der Waals surface area (Å²) in [5.74, 6) is 0. The highest BCUT2D eigenvalue weighted by atomic mass is 79.9. The van der Waals surface area contributed by atoms with Crippen molar-refractivity contribution in [2.75, 3.05) is 33.2 Å². The molecule has 1 aliphatic rings. The van der Waals surface area contributed by atoms with E-state index in [1.165, 1.54) is 6.07 Å². The molecule has 1 aromatic rings. The van der Waals surface area contributed by atoms with Crippen molar-refractivity contribution in [3.05, 3.63) is 38.3 Å². The molecule has 0 bridgehead atoms. The van der Waals surface area contributed by atoms with Gasteiger partial charge in [-0.2, -0.15) is 0 Å². The van der Waals surface area contributed by atoms with Crippen LogP contribution >= 0.6 is 15.9 Å². The van der Waals surface area contributed by atoms with Crippen molar-refractivity contribution in [1.29, 1.82) is 0 Å². The van der Waals surface area contributed by atoms with Crippen LogP contribution in [0.25, 0.3) is 0 Å². The molecule has 0 amide bonds. The molecule has 0 spiro atoms. The van der Waals surface area contributed by atoms with Gasteiger partial charge in [0.2, 0.25) is 0 Å². The van der Waals surface area contributed by atoms with Gasteiger partial charge in [-0.05, 0) is 28.5 Å². The molecule has 1 aliphatic heterocycles. The second kappa shape index (κ2) is 6.62. The Labute approximate surface area is 126 Å². The van der Waals surface area contributed by atoms with Crippen LogP contribution in [0.1, 0.15) is 5.56 Å². The van der Waals surface area contributed by atoms with Crippen LogP contribution in [-0.2, 0) is 6.54 Å². The zero-order valence-electron chi connectivity index (χ0n) is 11.5. The summed E-state index contributed by atoms with van der Waals surface area (Å²) in [5.41, 5.74) is 6.88. The van der Waals surface area contributed by atoms with Crippen LogP contribution in [0.5, 0.6) is 0 Å². The van der Waals surface area contributed by atoms with E-state index in [1.807, 2.05) is 6.07 Å². The minimum Gasteiger partial charge on any atom is -0.329 e. The van der Waals surface area contributed by atoms with Crippen LogP contribution in [0.4, 0.5) is 5.69 Å². The fourth-order valence-electron chi connectivity index (χ4n) is 2.53. The maximum atomic E-state index is 11.0. The normalized spacial score (nSPS) is 21.1. The standard InChI is InChI=1S/C13H19BrN4O2/c1-16-5-6-17(11(7-15)9-16)8-10-3-2-4-12(13(10)14)18(19)20/h2-4,11H,5-9,15H2,1H3. The van der Waals surface area contributed by atoms with E-state index in [4.69, 9.17) is 5.73 Å². The number of piperazine rings is 1. The highest BCUT2D eigenvalue weighted by molar-refractivity contribution is 9.10. The van der Waals surface area contributed by atoms with Crippen molar-refractivity contribution in [3.8, 4) is 0 Å². The zero-order chi connectivity index (χ0) is 14.7. The summed E-state index contributed by atoms with van der Waals surface area (Å²) in [6, 6.07) is 5.45. The summed E-state index contributed by atoms with van der Waals surface area (Å²) in [4.78, 5) is 15.2. The Morgan fingerprint density at radius 2 is 2.25 bits per heavy atom. The minimum atomic E-state index is -0.363. The molecule has 110 valence electrons. The van der Waals surface area contributed by atoms with Gasteiger partial charge in [-0.3, -0.25) is 15.0 Å². The summed E-state index contributed by atoms with van der Waals surface area (Å²) in [6.45, 7) is 4.12. The van der Waals surface area contributed by atoms with E-state index in [9.17, 15) is 10.1 Å². The van der Waals surface area contributed by atoms with Gasteiger partial charge in [0.15, 0.2) is 0 Å². The number of halogens is 1. The molecule has 7 heteroatoms. The Kier molecular flexibility index (Phi) is 5.09. The molecule has 1 atom stereocenters. The Morgan fingerprint density at radius 1 is 1.50 bits per heavy atom. The van der Waals surface area contributed by atoms with Gasteiger partial charge in [-0.15, -0.1) is 0 Å². The molecule has 1 heterocycles. The summed E-state index contributed by atoms with van der Waals surface area (Å²) < 4.78 is 0.569. The van der Waals surface area contributed by atoms with Crippen LogP contribution in [0, 0.1) is 10.1 Å². The van der Waals surface area contributed by atoms with E-state index in [0.717, 1.165) is 25.2 Å². The monoisotopic (exact) mass is 342 g/mol. The predicted molar refractivity (Wildman–Crippen MR) is 81.5 cm³/mol. The van der Waals surface area contributed by atoms with Crippen molar-refractivity contribution in [1.82, 2.24) is 9.80 Å². The van der Waals surface area contributed by atoms with Crippen molar-refractivity contribution in [3.63, 3.8) is 0 Å². The Bertz CT molecular complexity index is 497. The maximum Gasteiger partial charge on any atom is 0.283 e. The molecule has 0 radical (unpaired) electrons. The molecule has 2 rings (SSSR count). The first-order chi connectivity index (χ1) is 9.52. The summed E-state index contributed by atoms with van der Waals surface area (Å²) in [7, 11) is 2.09. The summed E-state index contributed by atoms with van der Waals surface area (Å²) >= 11 is 3.35. The second-order valence-corrected chi connectivity index (χ2v) is 5.92. The molecule has 0 aliphatic carbocycles. The lowest BCUT2D eigenvalue weighted by atomic mass is 10.1. The zero-order valence-corrected chi connectivity index (χ0v) is 13.0. The SMILES string of the molecule is CN1CCN(Cc2cccc([N+](=O)[O-])c2Br)C(CN)C1. The third kappa shape index (κ3) is 3.35. The van der Waals surface area contributed by atoms with E-state index < -0.39 is 0 Å². The largest absolute Gasteiger partial charge is 0.329 e. The van der Waals surface area contributed by atoms with E-state index in [-0.39, 0.29) is 10.6 Å². The fourth-order valence-corrected chi connectivity index (χ4v) is 3.06. The molecule has 6 nitrogen and oxygen atoms in total. The molecular weight excluding hydrogens is 324 g/mol. The molecule has 0 saturated carbocycles. The predicted octanol–water partition coefficient (Wildman–Crippen LogP) is 1.43. The number of likely N-dealkylation sites (N-methyl/N-ethyl adjacent to an activating group) is 1. The van der Waals surface area contributed by atoms with Crippen molar-refractivity contribution in [2.45, 2.75) is 12.6 Å². The topological polar surface area (TPSA) is 75.6 Å². The Morgan fingerprint density at radius 3 is 2.90 bits per heavy atom. The summed E-state index contributed by atoms with van der Waals surface area (Å²) in [5, 5.41) is 11.0. The number of nitrogens with zero attached hydrogens (tertiary/aromatic N) is 3. The molecule has 2 N–H and O–H groups in total. The number of hydrogen-bond donors (Lipinski definition) is 1. The fraction of sp³-hybridized carbons (Fsp3) is 0.538. The third-order valence-electron chi connectivity index (χ3n) is 3.71. The van der Waals surface area contributed by atoms with Gasteiger partial charge in [0.05, 0.1) is 9.40 Å². The Balaban J connectivity index is 2.17. The molecule has 20 heavy (non-hydrogen) atoms. The lowest BCUT2D eigenvalue weighted by Crippen LogP contribution is -2.54. The molecule has 1 fully saturated rings. The van der Waals surface area contributed by atoms with Crippen LogP contribution < -0.4 is 5.73 Å². The van der Waals surface area contributed by atoms with Gasteiger partial charge in [0.25, 0.3) is 5.69 Å². The van der Waals surface area contributed by atoms with Gasteiger partial charge >= 0.3 is 0 Å². The first-order valence-corrected chi connectivity index (χ1v) is 7.36. The molecule has 1 unspecified atom stereocenters. The van der Waals surface area contributed by atoms with Gasteiger partial charge in [-0.25, -0.2) is 0 Å². The summed E-state index contributed by atoms with van der Waals surface area (Å²) in [6.07, 6.45) is 0. The smallest absolute Gasteiger partial charge is 0.283 e. The highest BCUT2D eigenvalue weighted by Crippen LogP contribution is 2.29. The number of rotatable bonds is 4. The van der Waals surface area contributed by atoms with Crippen molar-refractivity contribution in [2.24, 2.45) is 5.73 Å². The number of nitro groups is 1. The van der Waals surface area contributed by atoms with E-state index in [2.05, 4.69) is 32.8 Å².